The van der Waals surface area contributed by atoms with Crippen LogP contribution in [0.5, 0.6) is 5.75 Å². The first-order chi connectivity index (χ1) is 10.2. The molecule has 1 aliphatic rings. The van der Waals surface area contributed by atoms with E-state index in [1.807, 2.05) is 24.3 Å². The standard InChI is InChI=1S/C16H20O5/c1-4-13-16(14(19-3)9-15(17)21-13)20-10-11-5-7-12(18-2)8-6-11/h4-8,13-14,16H,1,9-10H2,2-3H3/t13-,14-,16-/m1/s1. The lowest BCUT2D eigenvalue weighted by Crippen LogP contribution is -2.48. The average molecular weight is 292 g/mol. The lowest BCUT2D eigenvalue weighted by Gasteiger charge is -2.34. The Kier molecular flexibility index (Phi) is 5.36. The lowest BCUT2D eigenvalue weighted by molar-refractivity contribution is -0.184. The van der Waals surface area contributed by atoms with Crippen molar-refractivity contribution in [1.29, 1.82) is 0 Å². The Hall–Kier alpha value is -1.85. The maximum atomic E-state index is 11.5. The molecule has 114 valence electrons. The summed E-state index contributed by atoms with van der Waals surface area (Å²) in [6.45, 7) is 4.09. The quantitative estimate of drug-likeness (QED) is 0.593. The SMILES string of the molecule is C=C[C@H]1OC(=O)C[C@@H](OC)[C@@H]1OCc1ccc(OC)cc1. The molecule has 1 saturated heterocycles. The van der Waals surface area contributed by atoms with E-state index in [4.69, 9.17) is 18.9 Å². The molecule has 2 rings (SSSR count). The van der Waals surface area contributed by atoms with Gasteiger partial charge in [-0.1, -0.05) is 18.7 Å². The van der Waals surface area contributed by atoms with Crippen LogP contribution in [0.25, 0.3) is 0 Å². The van der Waals surface area contributed by atoms with Crippen LogP contribution in [0.3, 0.4) is 0 Å². The fraction of sp³-hybridized carbons (Fsp3) is 0.438. The highest BCUT2D eigenvalue weighted by molar-refractivity contribution is 5.71. The molecule has 1 heterocycles. The number of methoxy groups -OCH3 is 2. The van der Waals surface area contributed by atoms with Crippen LogP contribution in [-0.4, -0.2) is 38.5 Å². The molecule has 21 heavy (non-hydrogen) atoms. The first-order valence-corrected chi connectivity index (χ1v) is 6.77. The third kappa shape index (κ3) is 3.83. The monoisotopic (exact) mass is 292 g/mol. The van der Waals surface area contributed by atoms with Gasteiger partial charge in [0, 0.05) is 7.11 Å². The van der Waals surface area contributed by atoms with E-state index in [1.165, 1.54) is 0 Å². The Morgan fingerprint density at radius 2 is 2.05 bits per heavy atom. The zero-order valence-electron chi connectivity index (χ0n) is 12.3. The van der Waals surface area contributed by atoms with Gasteiger partial charge in [-0.15, -0.1) is 0 Å². The Morgan fingerprint density at radius 3 is 2.62 bits per heavy atom. The summed E-state index contributed by atoms with van der Waals surface area (Å²) in [5.74, 6) is 0.500. The Labute approximate surface area is 124 Å². The van der Waals surface area contributed by atoms with Gasteiger partial charge in [0.15, 0.2) is 0 Å². The summed E-state index contributed by atoms with van der Waals surface area (Å²) < 4.78 is 21.6. The molecule has 5 heteroatoms. The van der Waals surface area contributed by atoms with Crippen LogP contribution in [0.1, 0.15) is 12.0 Å². The topological polar surface area (TPSA) is 54.0 Å². The summed E-state index contributed by atoms with van der Waals surface area (Å²) in [6.07, 6.45) is 0.588. The van der Waals surface area contributed by atoms with Crippen molar-refractivity contribution in [1.82, 2.24) is 0 Å². The second-order valence-electron chi connectivity index (χ2n) is 4.79. The molecule has 0 saturated carbocycles. The number of carbonyl (C=O) groups excluding carboxylic acids is 1. The molecule has 1 aromatic carbocycles. The Morgan fingerprint density at radius 1 is 1.33 bits per heavy atom. The normalized spacial score (nSPS) is 25.2. The minimum Gasteiger partial charge on any atom is -0.497 e. The molecule has 3 atom stereocenters. The van der Waals surface area contributed by atoms with Gasteiger partial charge in [-0.05, 0) is 23.8 Å². The van der Waals surface area contributed by atoms with Crippen molar-refractivity contribution in [2.75, 3.05) is 14.2 Å². The molecule has 1 aliphatic heterocycles. The molecular weight excluding hydrogens is 272 g/mol. The van der Waals surface area contributed by atoms with Crippen molar-refractivity contribution in [2.45, 2.75) is 31.3 Å². The molecule has 0 radical (unpaired) electrons. The first kappa shape index (κ1) is 15.5. The van der Waals surface area contributed by atoms with Crippen molar-refractivity contribution in [3.8, 4) is 5.75 Å². The number of ether oxygens (including phenoxy) is 4. The van der Waals surface area contributed by atoms with Crippen LogP contribution < -0.4 is 4.74 Å². The predicted octanol–water partition coefficient (Wildman–Crippen LogP) is 2.10. The second kappa shape index (κ2) is 7.24. The number of hydrogen-bond donors (Lipinski definition) is 0. The molecule has 0 N–H and O–H groups in total. The van der Waals surface area contributed by atoms with Gasteiger partial charge in [-0.25, -0.2) is 0 Å². The highest BCUT2D eigenvalue weighted by atomic mass is 16.6. The largest absolute Gasteiger partial charge is 0.497 e. The van der Waals surface area contributed by atoms with Gasteiger partial charge < -0.3 is 18.9 Å². The number of hydrogen-bond acceptors (Lipinski definition) is 5. The fourth-order valence-electron chi connectivity index (χ4n) is 2.28. The van der Waals surface area contributed by atoms with E-state index in [1.54, 1.807) is 20.3 Å². The van der Waals surface area contributed by atoms with Crippen LogP contribution in [0.4, 0.5) is 0 Å². The van der Waals surface area contributed by atoms with E-state index in [2.05, 4.69) is 6.58 Å². The zero-order chi connectivity index (χ0) is 15.2. The van der Waals surface area contributed by atoms with Gasteiger partial charge in [-0.3, -0.25) is 4.79 Å². The first-order valence-electron chi connectivity index (χ1n) is 6.77. The van der Waals surface area contributed by atoms with E-state index >= 15 is 0 Å². The van der Waals surface area contributed by atoms with Crippen molar-refractivity contribution < 1.29 is 23.7 Å². The maximum absolute atomic E-state index is 11.5. The summed E-state index contributed by atoms with van der Waals surface area (Å²) in [7, 11) is 3.19. The molecule has 1 aromatic rings. The average Bonchev–Trinajstić information content (AvgIpc) is 2.53. The van der Waals surface area contributed by atoms with Gasteiger partial charge >= 0.3 is 5.97 Å². The van der Waals surface area contributed by atoms with Gasteiger partial charge in [0.25, 0.3) is 0 Å². The van der Waals surface area contributed by atoms with Crippen LogP contribution >= 0.6 is 0 Å². The van der Waals surface area contributed by atoms with E-state index < -0.39 is 6.10 Å². The molecule has 0 spiro atoms. The lowest BCUT2D eigenvalue weighted by atomic mass is 10.0. The fourth-order valence-corrected chi connectivity index (χ4v) is 2.28. The van der Waals surface area contributed by atoms with Crippen LogP contribution in [0.2, 0.25) is 0 Å². The molecule has 0 bridgehead atoms. The summed E-state index contributed by atoms with van der Waals surface area (Å²) in [4.78, 5) is 11.5. The number of esters is 1. The maximum Gasteiger partial charge on any atom is 0.309 e. The summed E-state index contributed by atoms with van der Waals surface area (Å²) in [6, 6.07) is 7.60. The van der Waals surface area contributed by atoms with Crippen molar-refractivity contribution in [3.63, 3.8) is 0 Å². The third-order valence-electron chi connectivity index (χ3n) is 3.46. The van der Waals surface area contributed by atoms with E-state index in [9.17, 15) is 4.79 Å². The van der Waals surface area contributed by atoms with E-state index in [0.717, 1.165) is 11.3 Å². The number of rotatable bonds is 6. The van der Waals surface area contributed by atoms with Gasteiger partial charge in [0.1, 0.15) is 18.0 Å². The smallest absolute Gasteiger partial charge is 0.309 e. The number of cyclic esters (lactones) is 1. The molecule has 0 aromatic heterocycles. The molecule has 0 aliphatic carbocycles. The highest BCUT2D eigenvalue weighted by Gasteiger charge is 2.38. The minimum absolute atomic E-state index is 0.189. The summed E-state index contributed by atoms with van der Waals surface area (Å²) in [5, 5.41) is 0. The molecule has 0 amide bonds. The zero-order valence-corrected chi connectivity index (χ0v) is 12.3. The van der Waals surface area contributed by atoms with E-state index in [-0.39, 0.29) is 24.6 Å². The molecule has 5 nitrogen and oxygen atoms in total. The van der Waals surface area contributed by atoms with Gasteiger partial charge in [0.2, 0.25) is 0 Å². The van der Waals surface area contributed by atoms with Gasteiger partial charge in [-0.2, -0.15) is 0 Å². The Balaban J connectivity index is 2.00. The molecular formula is C16H20O5. The molecule has 0 unspecified atom stereocenters. The van der Waals surface area contributed by atoms with Crippen LogP contribution in [-0.2, 0) is 25.6 Å². The Bertz CT molecular complexity index is 482. The third-order valence-corrected chi connectivity index (χ3v) is 3.46. The van der Waals surface area contributed by atoms with Crippen molar-refractivity contribution in [3.05, 3.63) is 42.5 Å². The second-order valence-corrected chi connectivity index (χ2v) is 4.79. The van der Waals surface area contributed by atoms with E-state index in [0.29, 0.717) is 6.61 Å². The van der Waals surface area contributed by atoms with Crippen molar-refractivity contribution >= 4 is 5.97 Å². The minimum atomic E-state index is -0.491. The number of benzene rings is 1. The van der Waals surface area contributed by atoms with Crippen LogP contribution in [0, 0.1) is 0 Å². The van der Waals surface area contributed by atoms with Crippen LogP contribution in [0.15, 0.2) is 36.9 Å². The predicted molar refractivity (Wildman–Crippen MR) is 77.1 cm³/mol. The summed E-state index contributed by atoms with van der Waals surface area (Å²) >= 11 is 0. The van der Waals surface area contributed by atoms with Crippen molar-refractivity contribution in [2.24, 2.45) is 0 Å². The summed E-state index contributed by atoms with van der Waals surface area (Å²) in [5.41, 5.74) is 1.00. The van der Waals surface area contributed by atoms with Gasteiger partial charge in [0.05, 0.1) is 26.2 Å². The number of carbonyl (C=O) groups is 1. The molecule has 1 fully saturated rings. The highest BCUT2D eigenvalue weighted by Crippen LogP contribution is 2.23.